The number of carboxylic acids is 1. The monoisotopic (exact) mass is 456 g/mol. The second-order valence-corrected chi connectivity index (χ2v) is 6.84. The molecule has 1 heterocycles. The molecule has 174 valence electrons. The molecule has 0 aromatic heterocycles. The second kappa shape index (κ2) is 10.4. The topological polar surface area (TPSA) is 110 Å². The first-order valence-electron chi connectivity index (χ1n) is 9.82. The van der Waals surface area contributed by atoms with E-state index in [9.17, 15) is 14.7 Å². The van der Waals surface area contributed by atoms with Gasteiger partial charge in [0.05, 0.1) is 28.4 Å². The van der Waals surface area contributed by atoms with Gasteiger partial charge >= 0.3 is 5.97 Å². The van der Waals surface area contributed by atoms with Crippen molar-refractivity contribution in [2.24, 2.45) is 0 Å². The summed E-state index contributed by atoms with van der Waals surface area (Å²) >= 11 is 0. The number of carboxylic acid groups (broad SMARTS) is 1. The van der Waals surface area contributed by atoms with Gasteiger partial charge in [-0.15, -0.1) is 0 Å². The summed E-state index contributed by atoms with van der Waals surface area (Å²) in [4.78, 5) is 25.7. The van der Waals surface area contributed by atoms with Crippen LogP contribution in [0.4, 0.5) is 0 Å². The van der Waals surface area contributed by atoms with Crippen LogP contribution in [0.3, 0.4) is 0 Å². The first-order chi connectivity index (χ1) is 15.9. The number of methoxy groups -OCH3 is 4. The molecule has 3 rings (SSSR count). The highest BCUT2D eigenvalue weighted by Crippen LogP contribution is 2.39. The van der Waals surface area contributed by atoms with Crippen LogP contribution in [-0.2, 0) is 20.7 Å². The molecule has 0 spiro atoms. The fraction of sp³-hybridized carbons (Fsp3) is 0.250. The van der Waals surface area contributed by atoms with Gasteiger partial charge in [-0.05, 0) is 42.0 Å². The molecule has 9 nitrogen and oxygen atoms in total. The van der Waals surface area contributed by atoms with E-state index in [4.69, 9.17) is 28.4 Å². The molecule has 0 radical (unpaired) electrons. The minimum atomic E-state index is -1.32. The molecular weight excluding hydrogens is 432 g/mol. The van der Waals surface area contributed by atoms with Gasteiger partial charge < -0.3 is 33.5 Å². The van der Waals surface area contributed by atoms with Crippen LogP contribution in [0.5, 0.6) is 23.0 Å². The molecule has 1 aliphatic rings. The number of benzene rings is 2. The molecule has 2 aromatic rings. The standard InChI is InChI=1S/C24H24O9/c1-28-16-7-5-15(6-8-16)22(25)17(21(24(26)27)20-12-32-13-33-20)9-14-10-18(29-2)23(31-4)19(11-14)30-3/h5-8,10-12H,9,13H2,1-4H3,(H,26,27). The van der Waals surface area contributed by atoms with Crippen molar-refractivity contribution in [3.05, 3.63) is 70.7 Å². The van der Waals surface area contributed by atoms with Crippen LogP contribution in [-0.4, -0.2) is 52.1 Å². The average Bonchev–Trinajstić information content (AvgIpc) is 3.36. The summed E-state index contributed by atoms with van der Waals surface area (Å²) in [5, 5.41) is 9.97. The van der Waals surface area contributed by atoms with E-state index < -0.39 is 11.8 Å². The quantitative estimate of drug-likeness (QED) is 0.425. The zero-order chi connectivity index (χ0) is 24.0. The highest BCUT2D eigenvalue weighted by Gasteiger charge is 2.29. The van der Waals surface area contributed by atoms with Gasteiger partial charge in [0.1, 0.15) is 17.6 Å². The van der Waals surface area contributed by atoms with Gasteiger partial charge in [0, 0.05) is 17.6 Å². The summed E-state index contributed by atoms with van der Waals surface area (Å²) in [6.07, 6.45) is 1.13. The lowest BCUT2D eigenvalue weighted by Crippen LogP contribution is -2.16. The Bertz CT molecular complexity index is 1070. The zero-order valence-electron chi connectivity index (χ0n) is 18.7. The molecule has 1 N–H and O–H groups in total. The van der Waals surface area contributed by atoms with Gasteiger partial charge in [-0.1, -0.05) is 0 Å². The molecule has 0 bridgehead atoms. The van der Waals surface area contributed by atoms with Crippen molar-refractivity contribution in [3.8, 4) is 23.0 Å². The van der Waals surface area contributed by atoms with Gasteiger partial charge in [0.15, 0.2) is 23.0 Å². The van der Waals surface area contributed by atoms with Crippen LogP contribution < -0.4 is 18.9 Å². The Morgan fingerprint density at radius 1 is 0.939 bits per heavy atom. The third-order valence-corrected chi connectivity index (χ3v) is 4.97. The van der Waals surface area contributed by atoms with E-state index in [1.54, 1.807) is 36.4 Å². The number of rotatable bonds is 10. The summed E-state index contributed by atoms with van der Waals surface area (Å²) in [7, 11) is 5.93. The third kappa shape index (κ3) is 5.03. The highest BCUT2D eigenvalue weighted by atomic mass is 16.7. The number of ether oxygens (including phenoxy) is 6. The molecule has 1 aliphatic heterocycles. The van der Waals surface area contributed by atoms with Crippen molar-refractivity contribution >= 4 is 11.8 Å². The minimum Gasteiger partial charge on any atom is -0.497 e. The maximum Gasteiger partial charge on any atom is 0.340 e. The number of aliphatic carboxylic acids is 1. The lowest BCUT2D eigenvalue weighted by atomic mass is 9.91. The molecule has 33 heavy (non-hydrogen) atoms. The second-order valence-electron chi connectivity index (χ2n) is 6.84. The molecule has 0 amide bonds. The largest absolute Gasteiger partial charge is 0.497 e. The van der Waals surface area contributed by atoms with Crippen LogP contribution in [0.1, 0.15) is 15.9 Å². The minimum absolute atomic E-state index is 0.00121. The van der Waals surface area contributed by atoms with Gasteiger partial charge in [0.25, 0.3) is 0 Å². The van der Waals surface area contributed by atoms with Crippen molar-refractivity contribution in [1.82, 2.24) is 0 Å². The van der Waals surface area contributed by atoms with Crippen LogP contribution >= 0.6 is 0 Å². The van der Waals surface area contributed by atoms with E-state index in [0.29, 0.717) is 28.6 Å². The molecular formula is C24H24O9. The van der Waals surface area contributed by atoms with E-state index in [-0.39, 0.29) is 35.7 Å². The van der Waals surface area contributed by atoms with E-state index in [1.807, 2.05) is 0 Å². The SMILES string of the molecule is COc1ccc(C(=O)C(Cc2cc(OC)c(OC)c(OC)c2)=C(C(=O)O)C2=COCO2)cc1. The number of carbonyl (C=O) groups excluding carboxylic acids is 1. The molecule has 0 saturated carbocycles. The number of Topliss-reactive ketones (excluding diaryl/α,β-unsaturated/α-hetero) is 1. The first kappa shape index (κ1) is 23.5. The molecule has 0 unspecified atom stereocenters. The highest BCUT2D eigenvalue weighted by molar-refractivity contribution is 6.14. The summed E-state index contributed by atoms with van der Waals surface area (Å²) in [6, 6.07) is 9.69. The number of hydrogen-bond acceptors (Lipinski definition) is 8. The third-order valence-electron chi connectivity index (χ3n) is 4.97. The molecule has 9 heteroatoms. The van der Waals surface area contributed by atoms with Gasteiger partial charge in [-0.3, -0.25) is 4.79 Å². The Morgan fingerprint density at radius 2 is 1.58 bits per heavy atom. The Hall–Kier alpha value is -4.14. The molecule has 2 aromatic carbocycles. The number of carbonyl (C=O) groups is 2. The summed E-state index contributed by atoms with van der Waals surface area (Å²) in [5.41, 5.74) is 0.567. The van der Waals surface area contributed by atoms with Gasteiger partial charge in [-0.25, -0.2) is 4.79 Å². The zero-order valence-corrected chi connectivity index (χ0v) is 18.7. The molecule has 0 fully saturated rings. The van der Waals surface area contributed by atoms with Crippen LogP contribution in [0, 0.1) is 0 Å². The van der Waals surface area contributed by atoms with Gasteiger partial charge in [-0.2, -0.15) is 0 Å². The normalized spacial score (nSPS) is 13.2. The lowest BCUT2D eigenvalue weighted by Gasteiger charge is -2.16. The van der Waals surface area contributed by atoms with Crippen molar-refractivity contribution in [2.75, 3.05) is 35.2 Å². The fourth-order valence-electron chi connectivity index (χ4n) is 3.40. The van der Waals surface area contributed by atoms with E-state index in [0.717, 1.165) is 0 Å². The van der Waals surface area contributed by atoms with Crippen LogP contribution in [0.25, 0.3) is 0 Å². The van der Waals surface area contributed by atoms with Crippen molar-refractivity contribution in [2.45, 2.75) is 6.42 Å². The number of hydrogen-bond donors (Lipinski definition) is 1. The number of ketones is 1. The van der Waals surface area contributed by atoms with Crippen LogP contribution in [0.15, 0.2) is 59.6 Å². The Morgan fingerprint density at radius 3 is 2.03 bits per heavy atom. The van der Waals surface area contributed by atoms with Crippen molar-refractivity contribution in [3.63, 3.8) is 0 Å². The van der Waals surface area contributed by atoms with E-state index in [2.05, 4.69) is 0 Å². The molecule has 0 saturated heterocycles. The Labute approximate surface area is 190 Å². The number of allylic oxidation sites excluding steroid dienone is 1. The maximum absolute atomic E-state index is 13.5. The fourth-order valence-corrected chi connectivity index (χ4v) is 3.40. The smallest absolute Gasteiger partial charge is 0.340 e. The average molecular weight is 456 g/mol. The molecule has 0 aliphatic carbocycles. The predicted octanol–water partition coefficient (Wildman–Crippen LogP) is 3.37. The van der Waals surface area contributed by atoms with E-state index in [1.165, 1.54) is 34.7 Å². The summed E-state index contributed by atoms with van der Waals surface area (Å²) < 4.78 is 31.6. The summed E-state index contributed by atoms with van der Waals surface area (Å²) in [6.45, 7) is -0.139. The molecule has 0 atom stereocenters. The van der Waals surface area contributed by atoms with Crippen LogP contribution in [0.2, 0.25) is 0 Å². The maximum atomic E-state index is 13.5. The van der Waals surface area contributed by atoms with Gasteiger partial charge in [0.2, 0.25) is 12.5 Å². The summed E-state index contributed by atoms with van der Waals surface area (Å²) in [5.74, 6) is -0.151. The Kier molecular flexibility index (Phi) is 7.45. The predicted molar refractivity (Wildman–Crippen MR) is 117 cm³/mol. The Balaban J connectivity index is 2.16. The lowest BCUT2D eigenvalue weighted by molar-refractivity contribution is -0.132. The van der Waals surface area contributed by atoms with Crippen molar-refractivity contribution < 1.29 is 43.1 Å². The first-order valence-corrected chi connectivity index (χ1v) is 9.82. The van der Waals surface area contributed by atoms with E-state index >= 15 is 0 Å². The van der Waals surface area contributed by atoms with Crippen molar-refractivity contribution in [1.29, 1.82) is 0 Å².